The normalized spacial score (nSPS) is 18.5. The molecule has 1 fully saturated rings. The zero-order valence-corrected chi connectivity index (χ0v) is 15.0. The van der Waals surface area contributed by atoms with Gasteiger partial charge in [-0.15, -0.1) is 0 Å². The van der Waals surface area contributed by atoms with Crippen molar-refractivity contribution < 1.29 is 0 Å². The molecule has 2 aromatic carbocycles. The summed E-state index contributed by atoms with van der Waals surface area (Å²) < 4.78 is 0. The Morgan fingerprint density at radius 2 is 1.62 bits per heavy atom. The quantitative estimate of drug-likeness (QED) is 0.743. The highest BCUT2D eigenvalue weighted by atomic mass is 15.3. The van der Waals surface area contributed by atoms with E-state index in [1.54, 1.807) is 6.08 Å². The summed E-state index contributed by atoms with van der Waals surface area (Å²) in [5.41, 5.74) is 5.08. The van der Waals surface area contributed by atoms with E-state index in [1.807, 2.05) is 24.3 Å². The van der Waals surface area contributed by atoms with Crippen LogP contribution in [0, 0.1) is 11.3 Å². The maximum absolute atomic E-state index is 9.35. The van der Waals surface area contributed by atoms with Crippen LogP contribution in [0.3, 0.4) is 0 Å². The molecule has 0 saturated carbocycles. The van der Waals surface area contributed by atoms with E-state index in [0.29, 0.717) is 0 Å². The maximum Gasteiger partial charge on any atom is 0.137 e. The summed E-state index contributed by atoms with van der Waals surface area (Å²) in [5, 5.41) is 9.35. The molecule has 1 saturated heterocycles. The van der Waals surface area contributed by atoms with Crippen LogP contribution in [-0.2, 0) is 0 Å². The first-order valence-corrected chi connectivity index (χ1v) is 9.16. The third kappa shape index (κ3) is 2.91. The summed E-state index contributed by atoms with van der Waals surface area (Å²) in [6, 6.07) is 18.6. The average Bonchev–Trinajstić information content (AvgIpc) is 2.84. The van der Waals surface area contributed by atoms with Crippen molar-refractivity contribution in [2.45, 2.75) is 6.92 Å². The summed E-state index contributed by atoms with van der Waals surface area (Å²) in [7, 11) is 0. The molecule has 26 heavy (non-hydrogen) atoms. The van der Waals surface area contributed by atoms with Gasteiger partial charge in [0, 0.05) is 49.0 Å². The van der Waals surface area contributed by atoms with Crippen molar-refractivity contribution in [1.82, 2.24) is 9.80 Å². The van der Waals surface area contributed by atoms with Crippen molar-refractivity contribution in [3.8, 4) is 6.07 Å². The van der Waals surface area contributed by atoms with Gasteiger partial charge >= 0.3 is 0 Å². The first kappa shape index (κ1) is 16.6. The lowest BCUT2D eigenvalue weighted by atomic mass is 9.93. The highest BCUT2D eigenvalue weighted by molar-refractivity contribution is 6.08. The van der Waals surface area contributed by atoms with Crippen molar-refractivity contribution in [3.05, 3.63) is 71.3 Å². The second-order valence-corrected chi connectivity index (χ2v) is 6.61. The van der Waals surface area contributed by atoms with E-state index < -0.39 is 0 Å². The Hall–Kier alpha value is -2.90. The number of hydrogen-bond donors (Lipinski definition) is 0. The van der Waals surface area contributed by atoms with Gasteiger partial charge in [-0.05, 0) is 18.2 Å². The van der Waals surface area contributed by atoms with Crippen LogP contribution in [0.15, 0.2) is 59.6 Å². The molecule has 2 heterocycles. The highest BCUT2D eigenvalue weighted by Crippen LogP contribution is 2.37. The number of piperazine rings is 1. The molecule has 4 rings (SSSR count). The predicted octanol–water partition coefficient (Wildman–Crippen LogP) is 3.67. The van der Waals surface area contributed by atoms with Crippen LogP contribution >= 0.6 is 0 Å². The summed E-state index contributed by atoms with van der Waals surface area (Å²) in [5.74, 6) is 1.02. The zero-order valence-electron chi connectivity index (χ0n) is 15.0. The molecule has 0 bridgehead atoms. The van der Waals surface area contributed by atoms with Gasteiger partial charge < -0.3 is 9.80 Å². The molecule has 0 atom stereocenters. The molecule has 2 aliphatic heterocycles. The molecule has 2 aliphatic rings. The zero-order chi connectivity index (χ0) is 17.9. The number of rotatable bonds is 1. The predicted molar refractivity (Wildman–Crippen MR) is 105 cm³/mol. The molecule has 0 radical (unpaired) electrons. The first-order valence-electron chi connectivity index (χ1n) is 9.16. The Morgan fingerprint density at radius 3 is 2.31 bits per heavy atom. The fourth-order valence-corrected chi connectivity index (χ4v) is 3.77. The lowest BCUT2D eigenvalue weighted by molar-refractivity contribution is 0.190. The van der Waals surface area contributed by atoms with Crippen molar-refractivity contribution in [2.24, 2.45) is 4.99 Å². The number of benzene rings is 2. The number of nitriles is 1. The minimum atomic E-state index is 0.929. The second-order valence-electron chi connectivity index (χ2n) is 6.61. The van der Waals surface area contributed by atoms with Gasteiger partial charge in [0.15, 0.2) is 0 Å². The van der Waals surface area contributed by atoms with E-state index in [1.165, 1.54) is 0 Å². The Morgan fingerprint density at radius 1 is 0.962 bits per heavy atom. The number of likely N-dealkylation sites (N-methyl/N-ethyl adjacent to an activating group) is 1. The topological polar surface area (TPSA) is 42.6 Å². The Bertz CT molecular complexity index is 912. The molecule has 0 N–H and O–H groups in total. The molecule has 0 unspecified atom stereocenters. The van der Waals surface area contributed by atoms with Crippen molar-refractivity contribution in [1.29, 1.82) is 5.26 Å². The summed E-state index contributed by atoms with van der Waals surface area (Å²) in [4.78, 5) is 9.91. The Kier molecular flexibility index (Phi) is 4.55. The maximum atomic E-state index is 9.35. The Balaban J connectivity index is 1.87. The molecule has 4 heteroatoms. The summed E-state index contributed by atoms with van der Waals surface area (Å²) >= 11 is 0. The lowest BCUT2D eigenvalue weighted by Crippen LogP contribution is -2.48. The van der Waals surface area contributed by atoms with Crippen LogP contribution in [0.4, 0.5) is 5.69 Å². The van der Waals surface area contributed by atoms with Crippen LogP contribution < -0.4 is 0 Å². The monoisotopic (exact) mass is 342 g/mol. The van der Waals surface area contributed by atoms with Crippen molar-refractivity contribution in [3.63, 3.8) is 0 Å². The molecule has 0 spiro atoms. The molecular formula is C22H22N4. The molecule has 0 aromatic heterocycles. The number of aliphatic imine (C=N–C) groups is 1. The van der Waals surface area contributed by atoms with Crippen LogP contribution in [0.25, 0.3) is 5.57 Å². The molecule has 0 aliphatic carbocycles. The molecule has 0 amide bonds. The van der Waals surface area contributed by atoms with Gasteiger partial charge in [-0.3, -0.25) is 0 Å². The first-order chi connectivity index (χ1) is 12.8. The number of hydrogen-bond acceptors (Lipinski definition) is 4. The number of nitrogens with zero attached hydrogens (tertiary/aromatic N) is 4. The SMILES string of the molecule is CCN1CCN(C2=Nc3ccccc3/C(=C\C#N)c3ccccc32)CC1. The number of fused-ring (bicyclic) bond motifs is 2. The third-order valence-electron chi connectivity index (χ3n) is 5.21. The number of allylic oxidation sites excluding steroid dienone is 1. The van der Waals surface area contributed by atoms with Gasteiger partial charge in [0.2, 0.25) is 0 Å². The van der Waals surface area contributed by atoms with E-state index >= 15 is 0 Å². The van der Waals surface area contributed by atoms with E-state index in [-0.39, 0.29) is 0 Å². The van der Waals surface area contributed by atoms with Gasteiger partial charge in [-0.1, -0.05) is 49.4 Å². The van der Waals surface area contributed by atoms with Crippen LogP contribution in [0.5, 0.6) is 0 Å². The van der Waals surface area contributed by atoms with Crippen molar-refractivity contribution in [2.75, 3.05) is 32.7 Å². The smallest absolute Gasteiger partial charge is 0.137 e. The van der Waals surface area contributed by atoms with Gasteiger partial charge in [-0.25, -0.2) is 4.99 Å². The number of para-hydroxylation sites is 1. The van der Waals surface area contributed by atoms with E-state index in [0.717, 1.165) is 66.5 Å². The third-order valence-corrected chi connectivity index (χ3v) is 5.21. The van der Waals surface area contributed by atoms with Gasteiger partial charge in [-0.2, -0.15) is 5.26 Å². The molecule has 4 nitrogen and oxygen atoms in total. The van der Waals surface area contributed by atoms with E-state index in [2.05, 4.69) is 47.1 Å². The average molecular weight is 342 g/mol. The number of amidine groups is 1. The minimum Gasteiger partial charge on any atom is -0.354 e. The standard InChI is InChI=1S/C22H22N4/c1-2-25-13-15-26(16-14-25)22-20-9-4-3-7-17(20)18(11-12-23)19-8-5-6-10-21(19)24-22/h3-11H,2,13-16H2,1H3/b18-11-. The largest absolute Gasteiger partial charge is 0.354 e. The molecular weight excluding hydrogens is 320 g/mol. The van der Waals surface area contributed by atoms with Gasteiger partial charge in [0.25, 0.3) is 0 Å². The summed E-state index contributed by atoms with van der Waals surface area (Å²) in [6.07, 6.45) is 1.64. The molecule has 2 aromatic rings. The fraction of sp³-hybridized carbons (Fsp3) is 0.273. The Labute approximate surface area is 154 Å². The summed E-state index contributed by atoms with van der Waals surface area (Å²) in [6.45, 7) is 7.36. The second kappa shape index (κ2) is 7.15. The fourth-order valence-electron chi connectivity index (χ4n) is 3.77. The van der Waals surface area contributed by atoms with Crippen LogP contribution in [0.2, 0.25) is 0 Å². The van der Waals surface area contributed by atoms with Crippen molar-refractivity contribution >= 4 is 17.1 Å². The van der Waals surface area contributed by atoms with Gasteiger partial charge in [0.05, 0.1) is 11.8 Å². The lowest BCUT2D eigenvalue weighted by Gasteiger charge is -2.36. The van der Waals surface area contributed by atoms with Crippen LogP contribution in [-0.4, -0.2) is 48.4 Å². The highest BCUT2D eigenvalue weighted by Gasteiger charge is 2.26. The van der Waals surface area contributed by atoms with Gasteiger partial charge in [0.1, 0.15) is 5.84 Å². The van der Waals surface area contributed by atoms with E-state index in [9.17, 15) is 5.26 Å². The van der Waals surface area contributed by atoms with E-state index in [4.69, 9.17) is 4.99 Å². The molecule has 130 valence electrons. The minimum absolute atomic E-state index is 0.929. The van der Waals surface area contributed by atoms with Crippen LogP contribution in [0.1, 0.15) is 23.6 Å².